The molecule has 0 radical (unpaired) electrons. The zero-order valence-corrected chi connectivity index (χ0v) is 25.1. The third-order valence-electron chi connectivity index (χ3n) is 8.76. The maximum Gasteiger partial charge on any atom is 0.249 e. The Kier molecular flexibility index (Phi) is 10.7. The number of rotatable bonds is 10. The molecule has 1 N–H and O–H groups in total. The van der Waals surface area contributed by atoms with Crippen molar-refractivity contribution in [3.63, 3.8) is 0 Å². The Balaban J connectivity index is 1.41. The van der Waals surface area contributed by atoms with E-state index < -0.39 is 0 Å². The van der Waals surface area contributed by atoms with Crippen molar-refractivity contribution in [2.24, 2.45) is 0 Å². The van der Waals surface area contributed by atoms with Crippen LogP contribution in [0.25, 0.3) is 0 Å². The van der Waals surface area contributed by atoms with Gasteiger partial charge in [-0.15, -0.1) is 0 Å². The van der Waals surface area contributed by atoms with Gasteiger partial charge in [0.25, 0.3) is 0 Å². The Labute approximate surface area is 231 Å². The fraction of sp³-hybridized carbons (Fsp3) is 0.618. The Morgan fingerprint density at radius 3 is 2.16 bits per heavy atom. The zero-order chi connectivity index (χ0) is 27.9. The van der Waals surface area contributed by atoms with Crippen LogP contribution < -0.4 is 4.74 Å². The van der Waals surface area contributed by atoms with E-state index in [0.717, 1.165) is 105 Å². The van der Waals surface area contributed by atoms with Gasteiger partial charge in [0, 0.05) is 24.2 Å². The Hall–Kier alpha value is -2.49. The molecule has 1 amide bonds. The minimum absolute atomic E-state index is 0.165. The number of aromatic hydroxyl groups is 1. The summed E-state index contributed by atoms with van der Waals surface area (Å²) in [6.45, 7) is 16.5. The molecule has 1 fully saturated rings. The molecule has 1 aromatic rings. The summed E-state index contributed by atoms with van der Waals surface area (Å²) in [5.74, 6) is 1.64. The van der Waals surface area contributed by atoms with Crippen LogP contribution in [0.4, 0.5) is 0 Å². The molecule has 1 atom stereocenters. The maximum absolute atomic E-state index is 12.6. The van der Waals surface area contributed by atoms with Crippen LogP contribution in [0.5, 0.6) is 11.5 Å². The zero-order valence-electron chi connectivity index (χ0n) is 25.1. The first-order valence-electron chi connectivity index (χ1n) is 14.8. The van der Waals surface area contributed by atoms with Gasteiger partial charge in [-0.25, -0.2) is 0 Å². The number of phenols is 1. The summed E-state index contributed by atoms with van der Waals surface area (Å²) < 4.78 is 6.59. The van der Waals surface area contributed by atoms with Gasteiger partial charge in [-0.3, -0.25) is 4.79 Å². The molecule has 0 aliphatic carbocycles. The fourth-order valence-corrected chi connectivity index (χ4v) is 5.80. The number of hydrogen-bond donors (Lipinski definition) is 1. The summed E-state index contributed by atoms with van der Waals surface area (Å²) in [6.07, 6.45) is 18.4. The third kappa shape index (κ3) is 7.77. The first-order chi connectivity index (χ1) is 18.0. The summed E-state index contributed by atoms with van der Waals surface area (Å²) in [5.41, 5.74) is 7.73. The standard InChI is InChI=1S/C34H51NO3/c1-24(16-12-18-26(3)33(37)35-22-9-8-10-23-35)14-11-15-25(2)17-13-20-34(7)21-19-30-29(6)31(36)27(4)28(5)32(30)38-34/h14,17-18,36H,8-13,15-16,19-23H2,1-7H3/b24-14+,25-17+,26-18+. The molecular weight excluding hydrogens is 470 g/mol. The van der Waals surface area contributed by atoms with Crippen LogP contribution in [0.2, 0.25) is 0 Å². The molecule has 0 saturated carbocycles. The lowest BCUT2D eigenvalue weighted by molar-refractivity contribution is -0.127. The second-order valence-electron chi connectivity index (χ2n) is 12.0. The van der Waals surface area contributed by atoms with E-state index >= 15 is 0 Å². The second-order valence-corrected chi connectivity index (χ2v) is 12.0. The largest absolute Gasteiger partial charge is 0.507 e. The van der Waals surface area contributed by atoms with Crippen LogP contribution in [0.15, 0.2) is 34.9 Å². The van der Waals surface area contributed by atoms with Gasteiger partial charge < -0.3 is 14.7 Å². The highest BCUT2D eigenvalue weighted by atomic mass is 16.5. The molecule has 0 spiro atoms. The first kappa shape index (κ1) is 30.1. The number of carbonyl (C=O) groups excluding carboxylic acids is 1. The topological polar surface area (TPSA) is 49.8 Å². The Morgan fingerprint density at radius 2 is 1.50 bits per heavy atom. The van der Waals surface area contributed by atoms with Gasteiger partial charge in [-0.1, -0.05) is 29.4 Å². The lowest BCUT2D eigenvalue weighted by Gasteiger charge is -2.38. The molecule has 38 heavy (non-hydrogen) atoms. The van der Waals surface area contributed by atoms with Crippen LogP contribution in [-0.4, -0.2) is 34.6 Å². The molecule has 4 nitrogen and oxygen atoms in total. The fourth-order valence-electron chi connectivity index (χ4n) is 5.80. The summed E-state index contributed by atoms with van der Waals surface area (Å²) in [6, 6.07) is 0. The van der Waals surface area contributed by atoms with Crippen LogP contribution in [0.3, 0.4) is 0 Å². The van der Waals surface area contributed by atoms with E-state index in [9.17, 15) is 9.90 Å². The average molecular weight is 522 g/mol. The molecule has 0 bridgehead atoms. The Bertz CT molecular complexity index is 1090. The van der Waals surface area contributed by atoms with Crippen LogP contribution in [0.1, 0.15) is 114 Å². The van der Waals surface area contributed by atoms with Crippen molar-refractivity contribution in [3.8, 4) is 11.5 Å². The number of piperidine rings is 1. The number of ether oxygens (including phenoxy) is 1. The number of allylic oxidation sites excluding steroid dienone is 5. The maximum atomic E-state index is 12.6. The number of hydrogen-bond acceptors (Lipinski definition) is 3. The lowest BCUT2D eigenvalue weighted by atomic mass is 9.85. The van der Waals surface area contributed by atoms with E-state index in [1.807, 2.05) is 25.7 Å². The van der Waals surface area contributed by atoms with E-state index in [2.05, 4.69) is 45.9 Å². The highest BCUT2D eigenvalue weighted by molar-refractivity contribution is 5.92. The van der Waals surface area contributed by atoms with Gasteiger partial charge in [-0.2, -0.15) is 0 Å². The van der Waals surface area contributed by atoms with Crippen molar-refractivity contribution < 1.29 is 14.6 Å². The number of phenolic OH excluding ortho intramolecular Hbond substituents is 1. The van der Waals surface area contributed by atoms with Crippen molar-refractivity contribution in [1.82, 2.24) is 4.90 Å². The number of benzene rings is 1. The van der Waals surface area contributed by atoms with Gasteiger partial charge in [0.05, 0.1) is 0 Å². The van der Waals surface area contributed by atoms with Crippen LogP contribution in [0, 0.1) is 20.8 Å². The average Bonchev–Trinajstić information content (AvgIpc) is 2.90. The van der Waals surface area contributed by atoms with Crippen molar-refractivity contribution in [3.05, 3.63) is 57.2 Å². The normalized spacial score (nSPS) is 20.8. The SMILES string of the molecule is C/C(=C\CC/C(C)=C/CCC1(C)CCc2c(C)c(O)c(C)c(C)c2O1)CC/C=C(\C)C(=O)N1CCCCC1. The van der Waals surface area contributed by atoms with Crippen molar-refractivity contribution in [1.29, 1.82) is 0 Å². The minimum atomic E-state index is -0.165. The van der Waals surface area contributed by atoms with E-state index in [-0.39, 0.29) is 11.5 Å². The highest BCUT2D eigenvalue weighted by Crippen LogP contribution is 2.44. The molecule has 0 aromatic heterocycles. The van der Waals surface area contributed by atoms with E-state index in [0.29, 0.717) is 5.75 Å². The van der Waals surface area contributed by atoms with Gasteiger partial charge in [0.1, 0.15) is 17.1 Å². The smallest absolute Gasteiger partial charge is 0.249 e. The number of fused-ring (bicyclic) bond motifs is 1. The van der Waals surface area contributed by atoms with E-state index in [1.54, 1.807) is 0 Å². The van der Waals surface area contributed by atoms with Crippen LogP contribution >= 0.6 is 0 Å². The summed E-state index contributed by atoms with van der Waals surface area (Å²) in [7, 11) is 0. The molecule has 1 saturated heterocycles. The van der Waals surface area contributed by atoms with Crippen molar-refractivity contribution in [2.45, 2.75) is 125 Å². The van der Waals surface area contributed by atoms with Crippen molar-refractivity contribution in [2.75, 3.05) is 13.1 Å². The predicted octanol–water partition coefficient (Wildman–Crippen LogP) is 8.59. The number of amides is 1. The number of carbonyl (C=O) groups is 1. The molecule has 2 heterocycles. The van der Waals surface area contributed by atoms with E-state index in [4.69, 9.17) is 4.74 Å². The summed E-state index contributed by atoms with van der Waals surface area (Å²) in [5, 5.41) is 10.4. The summed E-state index contributed by atoms with van der Waals surface area (Å²) >= 11 is 0. The number of nitrogens with zero attached hydrogens (tertiary/aromatic N) is 1. The predicted molar refractivity (Wildman–Crippen MR) is 159 cm³/mol. The molecule has 1 aromatic carbocycles. The molecule has 210 valence electrons. The highest BCUT2D eigenvalue weighted by Gasteiger charge is 2.34. The molecule has 1 unspecified atom stereocenters. The van der Waals surface area contributed by atoms with Gasteiger partial charge >= 0.3 is 0 Å². The molecule has 3 rings (SSSR count). The quantitative estimate of drug-likeness (QED) is 0.248. The van der Waals surface area contributed by atoms with E-state index in [1.165, 1.54) is 23.1 Å². The third-order valence-corrected chi connectivity index (χ3v) is 8.76. The molecule has 2 aliphatic rings. The second kappa shape index (κ2) is 13.5. The minimum Gasteiger partial charge on any atom is -0.507 e. The molecular formula is C34H51NO3. The van der Waals surface area contributed by atoms with Gasteiger partial charge in [0.15, 0.2) is 0 Å². The van der Waals surface area contributed by atoms with Crippen molar-refractivity contribution >= 4 is 5.91 Å². The van der Waals surface area contributed by atoms with Gasteiger partial charge in [0.2, 0.25) is 5.91 Å². The van der Waals surface area contributed by atoms with Gasteiger partial charge in [-0.05, 0) is 136 Å². The Morgan fingerprint density at radius 1 is 0.895 bits per heavy atom. The number of likely N-dealkylation sites (tertiary alicyclic amines) is 1. The molecule has 2 aliphatic heterocycles. The lowest BCUT2D eigenvalue weighted by Crippen LogP contribution is -2.37. The summed E-state index contributed by atoms with van der Waals surface area (Å²) in [4.78, 5) is 14.6. The first-order valence-corrected chi connectivity index (χ1v) is 14.8. The van der Waals surface area contributed by atoms with Crippen LogP contribution in [-0.2, 0) is 11.2 Å². The monoisotopic (exact) mass is 521 g/mol. The molecule has 4 heteroatoms.